The van der Waals surface area contributed by atoms with E-state index in [2.05, 4.69) is 18.5 Å². The van der Waals surface area contributed by atoms with Crippen LogP contribution in [0, 0.1) is 0 Å². The Bertz CT molecular complexity index is 143. The van der Waals surface area contributed by atoms with Crippen LogP contribution in [0.1, 0.15) is 20.3 Å². The van der Waals surface area contributed by atoms with Crippen molar-refractivity contribution in [3.8, 4) is 0 Å². The van der Waals surface area contributed by atoms with E-state index in [4.69, 9.17) is 0 Å². The summed E-state index contributed by atoms with van der Waals surface area (Å²) >= 11 is 0. The zero-order chi connectivity index (χ0) is 7.82. The van der Waals surface area contributed by atoms with Gasteiger partial charge in [0.25, 0.3) is 0 Å². The first kappa shape index (κ1) is 9.15. The Morgan fingerprint density at radius 2 is 2.20 bits per heavy atom. The van der Waals surface area contributed by atoms with Gasteiger partial charge in [-0.05, 0) is 25.0 Å². The van der Waals surface area contributed by atoms with E-state index in [9.17, 15) is 0 Å². The van der Waals surface area contributed by atoms with Gasteiger partial charge in [-0.2, -0.15) is 0 Å². The lowest BCUT2D eigenvalue weighted by molar-refractivity contribution is 1.13. The third kappa shape index (κ3) is 4.07. The molecular weight excluding hydrogens is 122 g/mol. The third-order valence-electron chi connectivity index (χ3n) is 1.25. The lowest BCUT2D eigenvalue weighted by Crippen LogP contribution is -1.75. The summed E-state index contributed by atoms with van der Waals surface area (Å²) in [6, 6.07) is 0. The summed E-state index contributed by atoms with van der Waals surface area (Å²) in [5.74, 6) is 0. The monoisotopic (exact) mass is 137 g/mol. The smallest absolute Gasteiger partial charge is 0.0360 e. The Kier molecular flexibility index (Phi) is 5.74. The number of rotatable bonds is 4. The minimum Gasteiger partial charge on any atom is -0.293 e. The van der Waals surface area contributed by atoms with Crippen molar-refractivity contribution in [1.29, 1.82) is 0 Å². The highest BCUT2D eigenvalue weighted by Crippen LogP contribution is 1.98. The van der Waals surface area contributed by atoms with Crippen LogP contribution < -0.4 is 0 Å². The SMILES string of the molecule is C=C/C(=C/C=NCC)CC. The zero-order valence-electron chi connectivity index (χ0n) is 6.80. The molecule has 0 bridgehead atoms. The van der Waals surface area contributed by atoms with E-state index in [0.29, 0.717) is 0 Å². The van der Waals surface area contributed by atoms with Crippen LogP contribution in [-0.4, -0.2) is 12.8 Å². The number of nitrogens with zero attached hydrogens (tertiary/aromatic N) is 1. The molecule has 0 aliphatic rings. The van der Waals surface area contributed by atoms with Gasteiger partial charge in [0.05, 0.1) is 0 Å². The molecule has 0 N–H and O–H groups in total. The van der Waals surface area contributed by atoms with Gasteiger partial charge >= 0.3 is 0 Å². The predicted molar refractivity (Wildman–Crippen MR) is 47.6 cm³/mol. The normalized spacial score (nSPS) is 12.4. The van der Waals surface area contributed by atoms with Crippen molar-refractivity contribution < 1.29 is 0 Å². The fraction of sp³-hybridized carbons (Fsp3) is 0.444. The molecule has 0 aromatic heterocycles. The molecule has 0 aromatic carbocycles. The predicted octanol–water partition coefficient (Wildman–Crippen LogP) is 2.60. The summed E-state index contributed by atoms with van der Waals surface area (Å²) in [4.78, 5) is 4.06. The van der Waals surface area contributed by atoms with Gasteiger partial charge in [0.15, 0.2) is 0 Å². The Morgan fingerprint density at radius 3 is 2.60 bits per heavy atom. The summed E-state index contributed by atoms with van der Waals surface area (Å²) in [6.45, 7) is 8.65. The largest absolute Gasteiger partial charge is 0.293 e. The molecule has 0 rings (SSSR count). The maximum Gasteiger partial charge on any atom is 0.0360 e. The molecule has 0 amide bonds. The highest BCUT2D eigenvalue weighted by atomic mass is 14.7. The number of hydrogen-bond acceptors (Lipinski definition) is 1. The van der Waals surface area contributed by atoms with Crippen molar-refractivity contribution >= 4 is 6.21 Å². The lowest BCUT2D eigenvalue weighted by atomic mass is 10.2. The Hall–Kier alpha value is -0.850. The standard InChI is InChI=1S/C9H15N/c1-4-9(5-2)7-8-10-6-3/h4,7-8H,1,5-6H2,2-3H3/b9-7-,10-8?. The lowest BCUT2D eigenvalue weighted by Gasteiger charge is -1.90. The molecule has 1 heteroatoms. The first-order chi connectivity index (χ1) is 4.85. The molecule has 0 spiro atoms. The van der Waals surface area contributed by atoms with Crippen LogP contribution in [0.25, 0.3) is 0 Å². The van der Waals surface area contributed by atoms with E-state index in [1.54, 1.807) is 0 Å². The van der Waals surface area contributed by atoms with E-state index in [0.717, 1.165) is 13.0 Å². The van der Waals surface area contributed by atoms with Gasteiger partial charge in [-0.15, -0.1) is 0 Å². The van der Waals surface area contributed by atoms with Gasteiger partial charge in [0.2, 0.25) is 0 Å². The van der Waals surface area contributed by atoms with Crippen molar-refractivity contribution in [2.45, 2.75) is 20.3 Å². The molecule has 0 fully saturated rings. The van der Waals surface area contributed by atoms with Gasteiger partial charge in [0, 0.05) is 12.8 Å². The van der Waals surface area contributed by atoms with E-state index in [-0.39, 0.29) is 0 Å². The van der Waals surface area contributed by atoms with Crippen molar-refractivity contribution in [2.24, 2.45) is 4.99 Å². The van der Waals surface area contributed by atoms with Crippen molar-refractivity contribution in [2.75, 3.05) is 6.54 Å². The molecule has 0 aromatic rings. The van der Waals surface area contributed by atoms with Gasteiger partial charge in [-0.1, -0.05) is 19.6 Å². The van der Waals surface area contributed by atoms with Gasteiger partial charge in [-0.25, -0.2) is 0 Å². The average molecular weight is 137 g/mol. The van der Waals surface area contributed by atoms with Crippen molar-refractivity contribution in [3.05, 3.63) is 24.3 Å². The van der Waals surface area contributed by atoms with Crippen molar-refractivity contribution in [3.63, 3.8) is 0 Å². The topological polar surface area (TPSA) is 12.4 Å². The summed E-state index contributed by atoms with van der Waals surface area (Å²) in [7, 11) is 0. The zero-order valence-corrected chi connectivity index (χ0v) is 6.80. The summed E-state index contributed by atoms with van der Waals surface area (Å²) < 4.78 is 0. The summed E-state index contributed by atoms with van der Waals surface area (Å²) in [5.41, 5.74) is 1.23. The van der Waals surface area contributed by atoms with Gasteiger partial charge in [0.1, 0.15) is 0 Å². The van der Waals surface area contributed by atoms with Crippen LogP contribution in [0.4, 0.5) is 0 Å². The maximum atomic E-state index is 4.06. The second kappa shape index (κ2) is 6.27. The molecule has 0 saturated carbocycles. The minimum atomic E-state index is 0.852. The van der Waals surface area contributed by atoms with Crippen LogP contribution >= 0.6 is 0 Å². The van der Waals surface area contributed by atoms with Crippen LogP contribution in [0.5, 0.6) is 0 Å². The van der Waals surface area contributed by atoms with E-state index in [1.807, 2.05) is 25.3 Å². The molecule has 10 heavy (non-hydrogen) atoms. The quantitative estimate of drug-likeness (QED) is 0.417. The van der Waals surface area contributed by atoms with Gasteiger partial charge in [-0.3, -0.25) is 4.99 Å². The second-order valence-electron chi connectivity index (χ2n) is 1.95. The Morgan fingerprint density at radius 1 is 1.50 bits per heavy atom. The average Bonchev–Trinajstić information content (AvgIpc) is 1.99. The van der Waals surface area contributed by atoms with Crippen LogP contribution in [-0.2, 0) is 0 Å². The summed E-state index contributed by atoms with van der Waals surface area (Å²) in [5, 5.41) is 0. The van der Waals surface area contributed by atoms with Crippen LogP contribution in [0.3, 0.4) is 0 Å². The highest BCUT2D eigenvalue weighted by Gasteiger charge is 1.80. The summed E-state index contributed by atoms with van der Waals surface area (Å²) in [6.07, 6.45) is 6.72. The number of hydrogen-bond donors (Lipinski definition) is 0. The molecule has 0 aliphatic carbocycles. The van der Waals surface area contributed by atoms with E-state index >= 15 is 0 Å². The molecule has 0 heterocycles. The molecule has 0 atom stereocenters. The van der Waals surface area contributed by atoms with Crippen LogP contribution in [0.15, 0.2) is 29.3 Å². The van der Waals surface area contributed by atoms with E-state index < -0.39 is 0 Å². The minimum absolute atomic E-state index is 0.852. The van der Waals surface area contributed by atoms with Crippen LogP contribution in [0.2, 0.25) is 0 Å². The molecule has 56 valence electrons. The molecule has 0 unspecified atom stereocenters. The molecule has 1 nitrogen and oxygen atoms in total. The molecule has 0 aliphatic heterocycles. The second-order valence-corrected chi connectivity index (χ2v) is 1.95. The van der Waals surface area contributed by atoms with E-state index in [1.165, 1.54) is 5.57 Å². The fourth-order valence-corrected chi connectivity index (χ4v) is 0.584. The number of allylic oxidation sites excluding steroid dienone is 3. The van der Waals surface area contributed by atoms with Gasteiger partial charge < -0.3 is 0 Å². The third-order valence-corrected chi connectivity index (χ3v) is 1.25. The first-order valence-electron chi connectivity index (χ1n) is 3.66. The molecule has 0 radical (unpaired) electrons. The van der Waals surface area contributed by atoms with Crippen molar-refractivity contribution in [1.82, 2.24) is 0 Å². The fourth-order valence-electron chi connectivity index (χ4n) is 0.584. The Balaban J connectivity index is 3.85. The number of aliphatic imine (C=N–C) groups is 1. The molecular formula is C9H15N. The first-order valence-corrected chi connectivity index (χ1v) is 3.66. The molecule has 0 saturated heterocycles. The highest BCUT2D eigenvalue weighted by molar-refractivity contribution is 5.72. The maximum absolute atomic E-state index is 4.06. The Labute approximate surface area is 63.2 Å².